The summed E-state index contributed by atoms with van der Waals surface area (Å²) in [7, 11) is -4.11. The Bertz CT molecular complexity index is 1250. The highest BCUT2D eigenvalue weighted by atomic mass is 32.2. The summed E-state index contributed by atoms with van der Waals surface area (Å²) in [5.41, 5.74) is 0.279. The number of hydrogen-bond acceptors (Lipinski definition) is 7. The van der Waals surface area contributed by atoms with Crippen molar-refractivity contribution in [1.29, 1.82) is 0 Å². The Labute approximate surface area is 184 Å². The molecule has 3 aromatic rings. The molecule has 8 nitrogen and oxygen atoms in total. The second-order valence-corrected chi connectivity index (χ2v) is 8.18. The Hall–Kier alpha value is -3.52. The Balaban J connectivity index is 1.78. The standard InChI is InChI=1S/C19H16F5N5O3S/c20-14-3-1-12(6-15(14)21)29-18-7-17(27-10-28-18)26-8-11-5-13(33(25,30)31)2-4-16(11)32-9-19(22,23)24/h1-7,10H,8-9H2,(H2,25,30,31)(H2,26,27,28,29). The van der Waals surface area contributed by atoms with Crippen molar-refractivity contribution in [2.24, 2.45) is 5.14 Å². The summed E-state index contributed by atoms with van der Waals surface area (Å²) in [4.78, 5) is 7.57. The topological polar surface area (TPSA) is 119 Å². The number of nitrogens with two attached hydrogens (primary N) is 1. The summed E-state index contributed by atoms with van der Waals surface area (Å²) >= 11 is 0. The summed E-state index contributed by atoms with van der Waals surface area (Å²) in [5.74, 6) is -1.89. The average molecular weight is 489 g/mol. The average Bonchev–Trinajstić information content (AvgIpc) is 2.73. The molecule has 0 unspecified atom stereocenters. The van der Waals surface area contributed by atoms with Gasteiger partial charge in [-0.1, -0.05) is 0 Å². The number of primary sulfonamides is 1. The molecule has 2 aromatic carbocycles. The molecule has 1 heterocycles. The summed E-state index contributed by atoms with van der Waals surface area (Å²) in [6.07, 6.45) is -3.46. The highest BCUT2D eigenvalue weighted by Crippen LogP contribution is 2.26. The van der Waals surface area contributed by atoms with Gasteiger partial charge in [-0.15, -0.1) is 0 Å². The van der Waals surface area contributed by atoms with Crippen molar-refractivity contribution in [2.45, 2.75) is 17.6 Å². The van der Waals surface area contributed by atoms with Crippen molar-refractivity contribution in [3.63, 3.8) is 0 Å². The van der Waals surface area contributed by atoms with E-state index in [1.54, 1.807) is 0 Å². The number of sulfonamides is 1. The van der Waals surface area contributed by atoms with E-state index in [1.807, 2.05) is 0 Å². The fraction of sp³-hybridized carbons (Fsp3) is 0.158. The van der Waals surface area contributed by atoms with Gasteiger partial charge in [0, 0.05) is 29.9 Å². The highest BCUT2D eigenvalue weighted by Gasteiger charge is 2.29. The third kappa shape index (κ3) is 6.98. The van der Waals surface area contributed by atoms with Gasteiger partial charge >= 0.3 is 6.18 Å². The number of hydrogen-bond donors (Lipinski definition) is 3. The molecule has 0 saturated carbocycles. The number of aromatic nitrogens is 2. The molecular weight excluding hydrogens is 473 g/mol. The first-order valence-electron chi connectivity index (χ1n) is 9.04. The Kier molecular flexibility index (Phi) is 6.98. The SMILES string of the molecule is NS(=O)(=O)c1ccc(OCC(F)(F)F)c(CNc2cc(Nc3ccc(F)c(F)c3)ncn2)c1. The van der Waals surface area contributed by atoms with Crippen LogP contribution < -0.4 is 20.5 Å². The number of ether oxygens (including phenoxy) is 1. The molecule has 0 aliphatic heterocycles. The van der Waals surface area contributed by atoms with Gasteiger partial charge in [0.05, 0.1) is 4.90 Å². The van der Waals surface area contributed by atoms with Crippen LogP contribution in [0.5, 0.6) is 5.75 Å². The minimum absolute atomic E-state index is 0.0690. The van der Waals surface area contributed by atoms with Crippen LogP contribution >= 0.6 is 0 Å². The van der Waals surface area contributed by atoms with Gasteiger partial charge in [0.25, 0.3) is 0 Å². The van der Waals surface area contributed by atoms with Crippen LogP contribution in [0.2, 0.25) is 0 Å². The van der Waals surface area contributed by atoms with Crippen molar-refractivity contribution in [3.05, 3.63) is 66.0 Å². The van der Waals surface area contributed by atoms with Crippen molar-refractivity contribution in [3.8, 4) is 5.75 Å². The lowest BCUT2D eigenvalue weighted by molar-refractivity contribution is -0.153. The van der Waals surface area contributed by atoms with Gasteiger partial charge in [-0.25, -0.2) is 32.3 Å². The summed E-state index contributed by atoms with van der Waals surface area (Å²) in [6.45, 7) is -1.76. The first kappa shape index (κ1) is 24.1. The Morgan fingerprint density at radius 3 is 2.36 bits per heavy atom. The van der Waals surface area contributed by atoms with Crippen molar-refractivity contribution >= 4 is 27.3 Å². The summed E-state index contributed by atoms with van der Waals surface area (Å²) in [6, 6.07) is 7.71. The van der Waals surface area contributed by atoms with Gasteiger partial charge in [0.15, 0.2) is 18.2 Å². The van der Waals surface area contributed by atoms with Crippen LogP contribution in [0.15, 0.2) is 53.7 Å². The van der Waals surface area contributed by atoms with Crippen LogP contribution in [-0.4, -0.2) is 31.2 Å². The number of nitrogens with zero attached hydrogens (tertiary/aromatic N) is 2. The van der Waals surface area contributed by atoms with E-state index in [0.29, 0.717) is 0 Å². The molecule has 0 radical (unpaired) electrons. The van der Waals surface area contributed by atoms with E-state index in [4.69, 9.17) is 9.88 Å². The number of nitrogens with one attached hydrogen (secondary N) is 2. The van der Waals surface area contributed by atoms with Crippen LogP contribution in [0.4, 0.5) is 39.3 Å². The molecular formula is C19H16F5N5O3S. The van der Waals surface area contributed by atoms with Crippen LogP contribution in [0.25, 0.3) is 0 Å². The van der Waals surface area contributed by atoms with Crippen molar-refractivity contribution < 1.29 is 35.1 Å². The fourth-order valence-electron chi connectivity index (χ4n) is 2.60. The minimum Gasteiger partial charge on any atom is -0.484 e. The fourth-order valence-corrected chi connectivity index (χ4v) is 3.17. The summed E-state index contributed by atoms with van der Waals surface area (Å²) < 4.78 is 92.0. The molecule has 14 heteroatoms. The lowest BCUT2D eigenvalue weighted by Gasteiger charge is -2.15. The zero-order valence-corrected chi connectivity index (χ0v) is 17.3. The van der Waals surface area contributed by atoms with E-state index in [-0.39, 0.29) is 40.1 Å². The molecule has 4 N–H and O–H groups in total. The van der Waals surface area contributed by atoms with E-state index in [1.165, 1.54) is 12.1 Å². The monoisotopic (exact) mass is 489 g/mol. The van der Waals surface area contributed by atoms with Gasteiger partial charge in [-0.05, 0) is 30.3 Å². The molecule has 0 aliphatic carbocycles. The number of rotatable bonds is 8. The maximum absolute atomic E-state index is 13.4. The quantitative estimate of drug-likeness (QED) is 0.413. The normalized spacial score (nSPS) is 11.8. The van der Waals surface area contributed by atoms with Gasteiger partial charge in [-0.3, -0.25) is 0 Å². The van der Waals surface area contributed by atoms with Crippen LogP contribution in [0, 0.1) is 11.6 Å². The van der Waals surface area contributed by atoms with Gasteiger partial charge < -0.3 is 15.4 Å². The number of halogens is 5. The number of alkyl halides is 3. The molecule has 0 aliphatic rings. The maximum atomic E-state index is 13.4. The van der Waals surface area contributed by atoms with Crippen molar-refractivity contribution in [1.82, 2.24) is 9.97 Å². The Morgan fingerprint density at radius 1 is 0.970 bits per heavy atom. The van der Waals surface area contributed by atoms with E-state index in [9.17, 15) is 30.4 Å². The maximum Gasteiger partial charge on any atom is 0.422 e. The van der Waals surface area contributed by atoms with Crippen LogP contribution in [-0.2, 0) is 16.6 Å². The zero-order chi connectivity index (χ0) is 24.2. The molecule has 0 spiro atoms. The molecule has 1 aromatic heterocycles. The second-order valence-electron chi connectivity index (χ2n) is 6.61. The minimum atomic E-state index is -4.60. The molecule has 3 rings (SSSR count). The molecule has 0 atom stereocenters. The smallest absolute Gasteiger partial charge is 0.422 e. The van der Waals surface area contributed by atoms with E-state index < -0.39 is 34.4 Å². The van der Waals surface area contributed by atoms with Gasteiger partial charge in [0.2, 0.25) is 10.0 Å². The zero-order valence-electron chi connectivity index (χ0n) is 16.5. The second kappa shape index (κ2) is 9.54. The van der Waals surface area contributed by atoms with Gasteiger partial charge in [-0.2, -0.15) is 13.2 Å². The first-order valence-corrected chi connectivity index (χ1v) is 10.6. The molecule has 176 valence electrons. The number of benzene rings is 2. The van der Waals surface area contributed by atoms with E-state index in [2.05, 4.69) is 20.6 Å². The van der Waals surface area contributed by atoms with Crippen LogP contribution in [0.3, 0.4) is 0 Å². The molecule has 0 fully saturated rings. The third-order valence-corrected chi connectivity index (χ3v) is 4.98. The Morgan fingerprint density at radius 2 is 1.70 bits per heavy atom. The molecule has 0 saturated heterocycles. The van der Waals surface area contributed by atoms with E-state index >= 15 is 0 Å². The molecule has 0 bridgehead atoms. The first-order chi connectivity index (χ1) is 15.4. The number of anilines is 3. The lowest BCUT2D eigenvalue weighted by Crippen LogP contribution is -2.20. The van der Waals surface area contributed by atoms with Gasteiger partial charge in [0.1, 0.15) is 23.7 Å². The van der Waals surface area contributed by atoms with Crippen LogP contribution in [0.1, 0.15) is 5.56 Å². The molecule has 0 amide bonds. The summed E-state index contributed by atoms with van der Waals surface area (Å²) in [5, 5.41) is 10.6. The third-order valence-electron chi connectivity index (χ3n) is 4.07. The predicted molar refractivity (Wildman–Crippen MR) is 108 cm³/mol. The van der Waals surface area contributed by atoms with Crippen molar-refractivity contribution in [2.75, 3.05) is 17.2 Å². The largest absolute Gasteiger partial charge is 0.484 e. The van der Waals surface area contributed by atoms with E-state index in [0.717, 1.165) is 36.7 Å². The molecule has 33 heavy (non-hydrogen) atoms. The lowest BCUT2D eigenvalue weighted by atomic mass is 10.2. The predicted octanol–water partition coefficient (Wildman–Crippen LogP) is 3.70. The highest BCUT2D eigenvalue weighted by molar-refractivity contribution is 7.89.